The molecule has 0 aliphatic carbocycles. The van der Waals surface area contributed by atoms with E-state index in [1.165, 1.54) is 0 Å². The third-order valence-electron chi connectivity index (χ3n) is 4.79. The van der Waals surface area contributed by atoms with E-state index in [1.54, 1.807) is 27.4 Å². The minimum atomic E-state index is 0.412. The summed E-state index contributed by atoms with van der Waals surface area (Å²) in [5.41, 5.74) is 3.67. The van der Waals surface area contributed by atoms with Gasteiger partial charge in [0.2, 0.25) is 5.75 Å². The van der Waals surface area contributed by atoms with Crippen LogP contribution in [0.1, 0.15) is 22.3 Å². The van der Waals surface area contributed by atoms with Crippen molar-refractivity contribution >= 4 is 0 Å². The molecule has 6 nitrogen and oxygen atoms in total. The van der Waals surface area contributed by atoms with E-state index in [0.29, 0.717) is 42.5 Å². The Morgan fingerprint density at radius 2 is 1.58 bits per heavy atom. The third-order valence-corrected chi connectivity index (χ3v) is 4.79. The Morgan fingerprint density at radius 1 is 0.806 bits per heavy atom. The number of nitriles is 1. The fourth-order valence-corrected chi connectivity index (χ4v) is 3.29. The molecule has 0 saturated heterocycles. The third kappa shape index (κ3) is 5.68. The van der Waals surface area contributed by atoms with Crippen molar-refractivity contribution in [1.29, 1.82) is 5.26 Å². The molecule has 0 atom stereocenters. The lowest BCUT2D eigenvalue weighted by Gasteiger charge is -2.16. The molecule has 3 rings (SSSR count). The standard InChI is InChI=1S/C25H26N2O4/c1-28-23-11-10-21(24(29-2)25(23)30-3)16-27-15-19-7-5-9-22(13-19)31-17-20-8-4-6-18(12-20)14-26/h4-13,27H,15-17H2,1-3H3. The highest BCUT2D eigenvalue weighted by atomic mass is 16.5. The lowest BCUT2D eigenvalue weighted by atomic mass is 10.1. The molecule has 160 valence electrons. The molecule has 0 aliphatic rings. The maximum atomic E-state index is 9.02. The Morgan fingerprint density at radius 3 is 2.32 bits per heavy atom. The molecular formula is C25H26N2O4. The van der Waals surface area contributed by atoms with Gasteiger partial charge >= 0.3 is 0 Å². The van der Waals surface area contributed by atoms with E-state index in [-0.39, 0.29) is 0 Å². The molecule has 0 fully saturated rings. The van der Waals surface area contributed by atoms with Crippen molar-refractivity contribution in [2.24, 2.45) is 0 Å². The Balaban J connectivity index is 1.60. The van der Waals surface area contributed by atoms with E-state index >= 15 is 0 Å². The van der Waals surface area contributed by atoms with Gasteiger partial charge in [-0.25, -0.2) is 0 Å². The first kappa shape index (κ1) is 22.0. The first-order valence-corrected chi connectivity index (χ1v) is 9.87. The van der Waals surface area contributed by atoms with E-state index < -0.39 is 0 Å². The van der Waals surface area contributed by atoms with Crippen molar-refractivity contribution in [3.05, 3.63) is 82.9 Å². The highest BCUT2D eigenvalue weighted by molar-refractivity contribution is 5.55. The molecule has 0 heterocycles. The topological polar surface area (TPSA) is 72.7 Å². The summed E-state index contributed by atoms with van der Waals surface area (Å²) in [4.78, 5) is 0. The SMILES string of the molecule is COc1ccc(CNCc2cccc(OCc3cccc(C#N)c3)c2)c(OC)c1OC. The van der Waals surface area contributed by atoms with Crippen LogP contribution in [0.15, 0.2) is 60.7 Å². The Labute approximate surface area is 182 Å². The molecule has 3 aromatic rings. The summed E-state index contributed by atoms with van der Waals surface area (Å²) >= 11 is 0. The van der Waals surface area contributed by atoms with Crippen molar-refractivity contribution in [3.8, 4) is 29.1 Å². The van der Waals surface area contributed by atoms with Crippen LogP contribution in [0.2, 0.25) is 0 Å². The van der Waals surface area contributed by atoms with E-state index in [4.69, 9.17) is 24.2 Å². The number of ether oxygens (including phenoxy) is 4. The lowest BCUT2D eigenvalue weighted by Crippen LogP contribution is -2.14. The zero-order chi connectivity index (χ0) is 22.1. The van der Waals surface area contributed by atoms with Gasteiger partial charge in [-0.3, -0.25) is 0 Å². The van der Waals surface area contributed by atoms with Gasteiger partial charge in [0.25, 0.3) is 0 Å². The number of methoxy groups -OCH3 is 3. The summed E-state index contributed by atoms with van der Waals surface area (Å²) in [6, 6.07) is 21.3. The summed E-state index contributed by atoms with van der Waals surface area (Å²) < 4.78 is 22.2. The largest absolute Gasteiger partial charge is 0.493 e. The molecule has 0 aromatic heterocycles. The average Bonchev–Trinajstić information content (AvgIpc) is 2.82. The van der Waals surface area contributed by atoms with E-state index in [0.717, 1.165) is 22.4 Å². The summed E-state index contributed by atoms with van der Waals surface area (Å²) in [5, 5.41) is 12.4. The van der Waals surface area contributed by atoms with Crippen molar-refractivity contribution in [2.45, 2.75) is 19.7 Å². The smallest absolute Gasteiger partial charge is 0.203 e. The van der Waals surface area contributed by atoms with Crippen LogP contribution in [0.25, 0.3) is 0 Å². The second-order valence-corrected chi connectivity index (χ2v) is 6.85. The molecular weight excluding hydrogens is 392 g/mol. The molecule has 3 aromatic carbocycles. The number of nitrogens with zero attached hydrogens (tertiary/aromatic N) is 1. The lowest BCUT2D eigenvalue weighted by molar-refractivity contribution is 0.306. The van der Waals surface area contributed by atoms with E-state index in [1.807, 2.05) is 54.6 Å². The number of hydrogen-bond donors (Lipinski definition) is 1. The summed E-state index contributed by atoms with van der Waals surface area (Å²) in [6.45, 7) is 1.68. The van der Waals surface area contributed by atoms with E-state index in [2.05, 4.69) is 11.4 Å². The molecule has 0 aliphatic heterocycles. The summed E-state index contributed by atoms with van der Waals surface area (Å²) in [6.07, 6.45) is 0. The van der Waals surface area contributed by atoms with Crippen LogP contribution in [-0.4, -0.2) is 21.3 Å². The van der Waals surface area contributed by atoms with Crippen LogP contribution in [0, 0.1) is 11.3 Å². The molecule has 0 spiro atoms. The van der Waals surface area contributed by atoms with Gasteiger partial charge in [-0.1, -0.05) is 30.3 Å². The number of rotatable bonds is 10. The van der Waals surface area contributed by atoms with Crippen LogP contribution >= 0.6 is 0 Å². The summed E-state index contributed by atoms with van der Waals surface area (Å²) in [5.74, 6) is 2.66. The Kier molecular flexibility index (Phi) is 7.74. The van der Waals surface area contributed by atoms with Gasteiger partial charge < -0.3 is 24.3 Å². The van der Waals surface area contributed by atoms with Crippen LogP contribution in [-0.2, 0) is 19.7 Å². The van der Waals surface area contributed by atoms with Crippen molar-refractivity contribution in [2.75, 3.05) is 21.3 Å². The van der Waals surface area contributed by atoms with Gasteiger partial charge in [-0.15, -0.1) is 0 Å². The quantitative estimate of drug-likeness (QED) is 0.524. The highest BCUT2D eigenvalue weighted by Crippen LogP contribution is 2.39. The Bertz CT molecular complexity index is 1060. The fraction of sp³-hybridized carbons (Fsp3) is 0.240. The van der Waals surface area contributed by atoms with Gasteiger partial charge in [0, 0.05) is 18.7 Å². The number of benzene rings is 3. The predicted molar refractivity (Wildman–Crippen MR) is 119 cm³/mol. The van der Waals surface area contributed by atoms with E-state index in [9.17, 15) is 0 Å². The van der Waals surface area contributed by atoms with Crippen LogP contribution in [0.3, 0.4) is 0 Å². The predicted octanol–water partition coefficient (Wildman–Crippen LogP) is 4.45. The molecule has 0 saturated carbocycles. The number of nitrogens with one attached hydrogen (secondary N) is 1. The zero-order valence-electron chi connectivity index (χ0n) is 18.0. The Hall–Kier alpha value is -3.69. The molecule has 31 heavy (non-hydrogen) atoms. The van der Waals surface area contributed by atoms with Crippen LogP contribution in [0.5, 0.6) is 23.0 Å². The molecule has 0 amide bonds. The molecule has 0 radical (unpaired) electrons. The maximum Gasteiger partial charge on any atom is 0.203 e. The molecule has 0 unspecified atom stereocenters. The van der Waals surface area contributed by atoms with Gasteiger partial charge in [0.15, 0.2) is 11.5 Å². The minimum absolute atomic E-state index is 0.412. The average molecular weight is 418 g/mol. The van der Waals surface area contributed by atoms with Crippen molar-refractivity contribution in [1.82, 2.24) is 5.32 Å². The first-order chi connectivity index (χ1) is 15.2. The van der Waals surface area contributed by atoms with Crippen molar-refractivity contribution in [3.63, 3.8) is 0 Å². The first-order valence-electron chi connectivity index (χ1n) is 9.87. The van der Waals surface area contributed by atoms with Crippen LogP contribution < -0.4 is 24.3 Å². The molecule has 0 bridgehead atoms. The van der Waals surface area contributed by atoms with Gasteiger partial charge in [-0.2, -0.15) is 5.26 Å². The van der Waals surface area contributed by atoms with Crippen LogP contribution in [0.4, 0.5) is 0 Å². The number of hydrogen-bond acceptors (Lipinski definition) is 6. The molecule has 1 N–H and O–H groups in total. The molecule has 6 heteroatoms. The minimum Gasteiger partial charge on any atom is -0.493 e. The summed E-state index contributed by atoms with van der Waals surface area (Å²) in [7, 11) is 4.82. The monoisotopic (exact) mass is 418 g/mol. The second-order valence-electron chi connectivity index (χ2n) is 6.85. The second kappa shape index (κ2) is 10.9. The highest BCUT2D eigenvalue weighted by Gasteiger charge is 2.15. The van der Waals surface area contributed by atoms with Gasteiger partial charge in [-0.05, 0) is 41.5 Å². The van der Waals surface area contributed by atoms with Crippen molar-refractivity contribution < 1.29 is 18.9 Å². The maximum absolute atomic E-state index is 9.02. The van der Waals surface area contributed by atoms with Gasteiger partial charge in [0.1, 0.15) is 12.4 Å². The fourth-order valence-electron chi connectivity index (χ4n) is 3.29. The zero-order valence-corrected chi connectivity index (χ0v) is 18.0. The normalized spacial score (nSPS) is 10.3. The van der Waals surface area contributed by atoms with Gasteiger partial charge in [0.05, 0.1) is 33.0 Å².